The van der Waals surface area contributed by atoms with Gasteiger partial charge in [-0.1, -0.05) is 6.07 Å². The molecular weight excluding hydrogens is 378 g/mol. The molecule has 2 N–H and O–H groups in total. The summed E-state index contributed by atoms with van der Waals surface area (Å²) >= 11 is 0. The SMILES string of the molecule is Nc1cccc2c1CCCN2C(=O)c1ccc2c(c1)S(=O)(=O)N(C1CC1)C2=O. The van der Waals surface area contributed by atoms with E-state index in [1.807, 2.05) is 12.1 Å². The summed E-state index contributed by atoms with van der Waals surface area (Å²) in [6, 6.07) is 9.55. The molecule has 0 atom stereocenters. The summed E-state index contributed by atoms with van der Waals surface area (Å²) in [5.74, 6) is -0.783. The molecular formula is C20H19N3O4S. The van der Waals surface area contributed by atoms with E-state index >= 15 is 0 Å². The van der Waals surface area contributed by atoms with E-state index in [0.717, 1.165) is 28.4 Å². The molecule has 1 saturated carbocycles. The normalized spacial score (nSPS) is 20.1. The third-order valence-corrected chi connectivity index (χ3v) is 7.48. The molecule has 5 rings (SSSR count). The van der Waals surface area contributed by atoms with Crippen LogP contribution in [0.25, 0.3) is 0 Å². The molecule has 7 nitrogen and oxygen atoms in total. The minimum atomic E-state index is -3.89. The second-order valence-corrected chi connectivity index (χ2v) is 9.24. The molecule has 0 aromatic heterocycles. The fourth-order valence-electron chi connectivity index (χ4n) is 4.07. The van der Waals surface area contributed by atoms with Crippen LogP contribution in [0.3, 0.4) is 0 Å². The Balaban J connectivity index is 1.55. The van der Waals surface area contributed by atoms with Crippen LogP contribution in [0.4, 0.5) is 11.4 Å². The predicted octanol–water partition coefficient (Wildman–Crippen LogP) is 2.17. The topological polar surface area (TPSA) is 101 Å². The number of nitrogens with zero attached hydrogens (tertiary/aromatic N) is 2. The number of carbonyl (C=O) groups excluding carboxylic acids is 2. The number of hydrogen-bond donors (Lipinski definition) is 1. The zero-order valence-corrected chi connectivity index (χ0v) is 15.9. The molecule has 2 aromatic carbocycles. The number of nitrogens with two attached hydrogens (primary N) is 1. The van der Waals surface area contributed by atoms with Crippen molar-refractivity contribution in [3.05, 3.63) is 53.1 Å². The Morgan fingerprint density at radius 2 is 1.93 bits per heavy atom. The Morgan fingerprint density at radius 3 is 2.68 bits per heavy atom. The summed E-state index contributed by atoms with van der Waals surface area (Å²) in [6.07, 6.45) is 2.97. The first-order chi connectivity index (χ1) is 13.4. The van der Waals surface area contributed by atoms with Crippen LogP contribution in [0.2, 0.25) is 0 Å². The van der Waals surface area contributed by atoms with Gasteiger partial charge >= 0.3 is 0 Å². The van der Waals surface area contributed by atoms with Gasteiger partial charge in [0.15, 0.2) is 0 Å². The number of nitrogen functional groups attached to an aromatic ring is 1. The molecule has 3 aliphatic rings. The van der Waals surface area contributed by atoms with Crippen LogP contribution >= 0.6 is 0 Å². The fourth-order valence-corrected chi connectivity index (χ4v) is 5.91. The van der Waals surface area contributed by atoms with Gasteiger partial charge in [0.2, 0.25) is 0 Å². The Labute approximate surface area is 162 Å². The van der Waals surface area contributed by atoms with Gasteiger partial charge in [-0.05, 0) is 61.6 Å². The average molecular weight is 397 g/mol. The van der Waals surface area contributed by atoms with Crippen molar-refractivity contribution < 1.29 is 18.0 Å². The average Bonchev–Trinajstić information content (AvgIpc) is 3.48. The Hall–Kier alpha value is -2.87. The summed E-state index contributed by atoms with van der Waals surface area (Å²) in [6.45, 7) is 0.534. The van der Waals surface area contributed by atoms with Crippen molar-refractivity contribution in [3.8, 4) is 0 Å². The van der Waals surface area contributed by atoms with E-state index in [9.17, 15) is 18.0 Å². The number of fused-ring (bicyclic) bond motifs is 2. The van der Waals surface area contributed by atoms with Crippen LogP contribution in [0, 0.1) is 0 Å². The largest absolute Gasteiger partial charge is 0.398 e. The lowest BCUT2D eigenvalue weighted by Gasteiger charge is -2.30. The molecule has 2 aromatic rings. The third-order valence-electron chi connectivity index (χ3n) is 5.61. The number of carbonyl (C=O) groups is 2. The molecule has 28 heavy (non-hydrogen) atoms. The minimum absolute atomic E-state index is 0.0694. The molecule has 0 bridgehead atoms. The number of sulfonamides is 1. The fraction of sp³-hybridized carbons (Fsp3) is 0.300. The summed E-state index contributed by atoms with van der Waals surface area (Å²) in [5.41, 5.74) is 8.80. The maximum Gasteiger partial charge on any atom is 0.269 e. The van der Waals surface area contributed by atoms with Crippen LogP contribution < -0.4 is 10.6 Å². The Bertz CT molecular complexity index is 1140. The van der Waals surface area contributed by atoms with E-state index in [1.54, 1.807) is 11.0 Å². The molecule has 8 heteroatoms. The summed E-state index contributed by atoms with van der Waals surface area (Å²) in [4.78, 5) is 27.3. The van der Waals surface area contributed by atoms with Gasteiger partial charge in [0.1, 0.15) is 4.90 Å². The van der Waals surface area contributed by atoms with Crippen LogP contribution in [0.1, 0.15) is 45.5 Å². The molecule has 0 spiro atoms. The van der Waals surface area contributed by atoms with Crippen molar-refractivity contribution in [2.45, 2.75) is 36.6 Å². The molecule has 0 radical (unpaired) electrons. The minimum Gasteiger partial charge on any atom is -0.398 e. The summed E-state index contributed by atoms with van der Waals surface area (Å²) < 4.78 is 26.6. The smallest absolute Gasteiger partial charge is 0.269 e. The van der Waals surface area contributed by atoms with Crippen molar-refractivity contribution >= 4 is 33.2 Å². The molecule has 0 unspecified atom stereocenters. The molecule has 2 aliphatic heterocycles. The number of amides is 2. The third kappa shape index (κ3) is 2.37. The van der Waals surface area contributed by atoms with Gasteiger partial charge in [0.25, 0.3) is 21.8 Å². The van der Waals surface area contributed by atoms with E-state index in [1.165, 1.54) is 18.2 Å². The first-order valence-electron chi connectivity index (χ1n) is 9.31. The lowest BCUT2D eigenvalue weighted by Crippen LogP contribution is -2.35. The zero-order chi connectivity index (χ0) is 19.6. The number of anilines is 2. The highest BCUT2D eigenvalue weighted by Crippen LogP contribution is 2.40. The van der Waals surface area contributed by atoms with Crippen molar-refractivity contribution in [3.63, 3.8) is 0 Å². The summed E-state index contributed by atoms with van der Waals surface area (Å²) in [7, 11) is -3.89. The maximum absolute atomic E-state index is 13.2. The number of hydrogen-bond acceptors (Lipinski definition) is 5. The van der Waals surface area contributed by atoms with Crippen LogP contribution in [0.5, 0.6) is 0 Å². The first-order valence-corrected chi connectivity index (χ1v) is 10.8. The molecule has 1 aliphatic carbocycles. The van der Waals surface area contributed by atoms with Crippen LogP contribution in [-0.2, 0) is 16.4 Å². The van der Waals surface area contributed by atoms with Gasteiger partial charge in [-0.2, -0.15) is 0 Å². The second-order valence-electron chi connectivity index (χ2n) is 7.45. The molecule has 2 heterocycles. The van der Waals surface area contributed by atoms with E-state index in [2.05, 4.69) is 0 Å². The quantitative estimate of drug-likeness (QED) is 0.783. The number of rotatable bonds is 2. The predicted molar refractivity (Wildman–Crippen MR) is 104 cm³/mol. The van der Waals surface area contributed by atoms with E-state index in [4.69, 9.17) is 5.73 Å². The zero-order valence-electron chi connectivity index (χ0n) is 15.1. The van der Waals surface area contributed by atoms with Gasteiger partial charge in [-0.15, -0.1) is 0 Å². The van der Waals surface area contributed by atoms with Crippen LogP contribution in [0.15, 0.2) is 41.3 Å². The highest BCUT2D eigenvalue weighted by Gasteiger charge is 2.49. The van der Waals surface area contributed by atoms with Gasteiger partial charge in [0.05, 0.1) is 5.56 Å². The Morgan fingerprint density at radius 1 is 1.14 bits per heavy atom. The van der Waals surface area contributed by atoms with Crippen molar-refractivity contribution in [2.24, 2.45) is 0 Å². The van der Waals surface area contributed by atoms with Gasteiger partial charge in [0, 0.05) is 29.5 Å². The molecule has 0 saturated heterocycles. The van der Waals surface area contributed by atoms with Crippen molar-refractivity contribution in [2.75, 3.05) is 17.2 Å². The van der Waals surface area contributed by atoms with E-state index in [-0.39, 0.29) is 28.0 Å². The van der Waals surface area contributed by atoms with Gasteiger partial charge in [-0.25, -0.2) is 12.7 Å². The lowest BCUT2D eigenvalue weighted by molar-refractivity contribution is 0.0864. The maximum atomic E-state index is 13.2. The van der Waals surface area contributed by atoms with E-state index < -0.39 is 15.9 Å². The standard InChI is InChI=1S/C20H19N3O4S/c21-16-4-1-5-17-14(16)3-2-10-22(17)19(24)12-6-9-15-18(11-12)28(26,27)23(20(15)25)13-7-8-13/h1,4-6,9,11,13H,2-3,7-8,10,21H2. The highest BCUT2D eigenvalue weighted by molar-refractivity contribution is 7.90. The molecule has 1 fully saturated rings. The Kier molecular flexibility index (Phi) is 3.58. The van der Waals surface area contributed by atoms with E-state index in [0.29, 0.717) is 25.1 Å². The van der Waals surface area contributed by atoms with Gasteiger partial charge < -0.3 is 10.6 Å². The lowest BCUT2D eigenvalue weighted by atomic mass is 9.99. The first kappa shape index (κ1) is 17.2. The molecule has 2 amide bonds. The van der Waals surface area contributed by atoms with Crippen molar-refractivity contribution in [1.29, 1.82) is 0 Å². The van der Waals surface area contributed by atoms with Crippen molar-refractivity contribution in [1.82, 2.24) is 4.31 Å². The summed E-state index contributed by atoms with van der Waals surface area (Å²) in [5, 5.41) is 0. The second kappa shape index (κ2) is 5.81. The number of benzene rings is 2. The van der Waals surface area contributed by atoms with Crippen LogP contribution in [-0.4, -0.2) is 37.1 Å². The molecule has 144 valence electrons. The monoisotopic (exact) mass is 397 g/mol. The highest BCUT2D eigenvalue weighted by atomic mass is 32.2. The van der Waals surface area contributed by atoms with Gasteiger partial charge in [-0.3, -0.25) is 9.59 Å².